The van der Waals surface area contributed by atoms with Gasteiger partial charge in [-0.1, -0.05) is 6.92 Å². The van der Waals surface area contributed by atoms with E-state index in [1.807, 2.05) is 6.07 Å². The Hall–Kier alpha value is -2.35. The van der Waals surface area contributed by atoms with Gasteiger partial charge < -0.3 is 4.74 Å². The Labute approximate surface area is 105 Å². The second-order valence-corrected chi connectivity index (χ2v) is 4.17. The summed E-state index contributed by atoms with van der Waals surface area (Å²) in [5, 5.41) is 8.81. The third kappa shape index (κ3) is 1.82. The van der Waals surface area contributed by atoms with Crippen LogP contribution >= 0.6 is 0 Å². The third-order valence-electron chi connectivity index (χ3n) is 2.92. The topological polar surface area (TPSA) is 70.4 Å². The molecule has 1 aromatic rings. The minimum Gasteiger partial charge on any atom is -0.495 e. The van der Waals surface area contributed by atoms with E-state index in [9.17, 15) is 9.59 Å². The van der Waals surface area contributed by atoms with Gasteiger partial charge in [-0.2, -0.15) is 5.26 Å². The number of carbonyl (C=O) groups excluding carboxylic acids is 2. The number of imide groups is 1. The maximum Gasteiger partial charge on any atom is 0.237 e. The Morgan fingerprint density at radius 3 is 2.67 bits per heavy atom. The number of nitrogens with zero attached hydrogens (tertiary/aromatic N) is 2. The molecule has 5 nitrogen and oxygen atoms in total. The molecule has 5 heteroatoms. The van der Waals surface area contributed by atoms with Crippen LogP contribution in [0.1, 0.15) is 18.9 Å². The molecule has 0 bridgehead atoms. The van der Waals surface area contributed by atoms with Crippen molar-refractivity contribution in [3.63, 3.8) is 0 Å². The van der Waals surface area contributed by atoms with E-state index in [1.165, 1.54) is 13.2 Å². The van der Waals surface area contributed by atoms with Crippen molar-refractivity contribution in [3.05, 3.63) is 23.8 Å². The minimum atomic E-state index is -0.308. The molecule has 92 valence electrons. The fourth-order valence-electron chi connectivity index (χ4n) is 1.97. The fourth-order valence-corrected chi connectivity index (χ4v) is 1.97. The Kier molecular flexibility index (Phi) is 3.02. The summed E-state index contributed by atoms with van der Waals surface area (Å²) in [4.78, 5) is 24.9. The number of amides is 2. The molecule has 1 atom stereocenters. The van der Waals surface area contributed by atoms with Gasteiger partial charge in [-0.3, -0.25) is 9.59 Å². The lowest BCUT2D eigenvalue weighted by atomic mass is 10.1. The molecular formula is C13H12N2O3. The molecule has 2 rings (SSSR count). The van der Waals surface area contributed by atoms with Crippen LogP contribution in [0.5, 0.6) is 5.75 Å². The lowest BCUT2D eigenvalue weighted by Crippen LogP contribution is -2.30. The lowest BCUT2D eigenvalue weighted by molar-refractivity contribution is -0.122. The van der Waals surface area contributed by atoms with Crippen LogP contribution in [0.3, 0.4) is 0 Å². The van der Waals surface area contributed by atoms with Gasteiger partial charge in [0.2, 0.25) is 11.8 Å². The number of hydrogen-bond donors (Lipinski definition) is 0. The molecule has 0 N–H and O–H groups in total. The van der Waals surface area contributed by atoms with E-state index in [0.29, 0.717) is 17.0 Å². The summed E-state index contributed by atoms with van der Waals surface area (Å²) in [7, 11) is 1.44. The molecule has 0 aromatic heterocycles. The zero-order valence-corrected chi connectivity index (χ0v) is 10.1. The number of carbonyl (C=O) groups is 2. The average Bonchev–Trinajstić information content (AvgIpc) is 2.62. The number of rotatable bonds is 2. The molecular weight excluding hydrogens is 232 g/mol. The van der Waals surface area contributed by atoms with Gasteiger partial charge in [0.15, 0.2) is 0 Å². The molecule has 0 aliphatic carbocycles. The monoisotopic (exact) mass is 244 g/mol. The van der Waals surface area contributed by atoms with Crippen molar-refractivity contribution in [2.75, 3.05) is 12.0 Å². The maximum atomic E-state index is 11.9. The van der Waals surface area contributed by atoms with Crippen LogP contribution in [0.2, 0.25) is 0 Å². The predicted octanol–water partition coefficient (Wildman–Crippen LogP) is 1.47. The maximum absolute atomic E-state index is 11.9. The number of benzene rings is 1. The number of anilines is 1. The van der Waals surface area contributed by atoms with Crippen molar-refractivity contribution in [3.8, 4) is 11.8 Å². The van der Waals surface area contributed by atoms with Crippen LogP contribution in [0.4, 0.5) is 5.69 Å². The Morgan fingerprint density at radius 2 is 2.17 bits per heavy atom. The Balaban J connectivity index is 2.49. The van der Waals surface area contributed by atoms with Gasteiger partial charge in [-0.25, -0.2) is 4.90 Å². The van der Waals surface area contributed by atoms with Gasteiger partial charge in [0, 0.05) is 18.4 Å². The first kappa shape index (κ1) is 12.1. The van der Waals surface area contributed by atoms with Crippen molar-refractivity contribution in [1.29, 1.82) is 5.26 Å². The fraction of sp³-hybridized carbons (Fsp3) is 0.308. The van der Waals surface area contributed by atoms with Crippen LogP contribution < -0.4 is 9.64 Å². The highest BCUT2D eigenvalue weighted by Gasteiger charge is 2.37. The molecule has 0 radical (unpaired) electrons. The van der Waals surface area contributed by atoms with Crippen LogP contribution in [0.15, 0.2) is 18.2 Å². The first-order valence-electron chi connectivity index (χ1n) is 5.53. The number of ether oxygens (including phenoxy) is 1. The first-order chi connectivity index (χ1) is 8.58. The van der Waals surface area contributed by atoms with Crippen molar-refractivity contribution in [1.82, 2.24) is 0 Å². The molecule has 1 aromatic carbocycles. The zero-order chi connectivity index (χ0) is 13.3. The molecule has 1 unspecified atom stereocenters. The summed E-state index contributed by atoms with van der Waals surface area (Å²) in [6, 6.07) is 6.61. The van der Waals surface area contributed by atoms with E-state index < -0.39 is 0 Å². The second-order valence-electron chi connectivity index (χ2n) is 4.17. The third-order valence-corrected chi connectivity index (χ3v) is 2.92. The molecule has 1 saturated heterocycles. The molecule has 1 aliphatic rings. The van der Waals surface area contributed by atoms with Crippen LogP contribution in [0, 0.1) is 17.2 Å². The summed E-state index contributed by atoms with van der Waals surface area (Å²) >= 11 is 0. The van der Waals surface area contributed by atoms with Crippen molar-refractivity contribution in [2.45, 2.75) is 13.3 Å². The van der Waals surface area contributed by atoms with Crippen LogP contribution in [-0.4, -0.2) is 18.9 Å². The molecule has 0 spiro atoms. The second kappa shape index (κ2) is 4.49. The predicted molar refractivity (Wildman–Crippen MR) is 64.0 cm³/mol. The van der Waals surface area contributed by atoms with Gasteiger partial charge in [-0.05, 0) is 12.1 Å². The average molecular weight is 244 g/mol. The lowest BCUT2D eigenvalue weighted by Gasteiger charge is -2.17. The van der Waals surface area contributed by atoms with E-state index in [4.69, 9.17) is 10.00 Å². The Morgan fingerprint density at radius 1 is 1.44 bits per heavy atom. The molecule has 18 heavy (non-hydrogen) atoms. The summed E-state index contributed by atoms with van der Waals surface area (Å²) in [5.41, 5.74) is 0.818. The van der Waals surface area contributed by atoms with Crippen LogP contribution in [-0.2, 0) is 9.59 Å². The van der Waals surface area contributed by atoms with Gasteiger partial charge in [-0.15, -0.1) is 0 Å². The van der Waals surface area contributed by atoms with Gasteiger partial charge in [0.1, 0.15) is 5.75 Å². The SMILES string of the molecule is COc1cc(C#N)ccc1N1C(=O)CC(C)C1=O. The van der Waals surface area contributed by atoms with E-state index in [0.717, 1.165) is 4.90 Å². The molecule has 0 saturated carbocycles. The first-order valence-corrected chi connectivity index (χ1v) is 5.53. The highest BCUT2D eigenvalue weighted by atomic mass is 16.5. The largest absolute Gasteiger partial charge is 0.495 e. The number of nitriles is 1. The van der Waals surface area contributed by atoms with E-state index in [-0.39, 0.29) is 24.2 Å². The van der Waals surface area contributed by atoms with Gasteiger partial charge in [0.05, 0.1) is 24.4 Å². The highest BCUT2D eigenvalue weighted by Crippen LogP contribution is 2.34. The normalized spacial score (nSPS) is 18.9. The molecule has 1 aliphatic heterocycles. The van der Waals surface area contributed by atoms with E-state index >= 15 is 0 Å². The zero-order valence-electron chi connectivity index (χ0n) is 10.1. The molecule has 1 heterocycles. The summed E-state index contributed by atoms with van der Waals surface area (Å²) in [6.45, 7) is 1.72. The van der Waals surface area contributed by atoms with Crippen molar-refractivity contribution in [2.24, 2.45) is 5.92 Å². The highest BCUT2D eigenvalue weighted by molar-refractivity contribution is 6.21. The smallest absolute Gasteiger partial charge is 0.237 e. The van der Waals surface area contributed by atoms with E-state index in [2.05, 4.69) is 0 Å². The van der Waals surface area contributed by atoms with Crippen molar-refractivity contribution >= 4 is 17.5 Å². The van der Waals surface area contributed by atoms with Gasteiger partial charge in [0.25, 0.3) is 0 Å². The summed E-state index contributed by atoms with van der Waals surface area (Å²) < 4.78 is 5.13. The van der Waals surface area contributed by atoms with Crippen LogP contribution in [0.25, 0.3) is 0 Å². The summed E-state index contributed by atoms with van der Waals surface area (Å²) in [6.07, 6.45) is 0.210. The molecule has 1 fully saturated rings. The standard InChI is InChI=1S/C13H12N2O3/c1-8-5-12(16)15(13(8)17)10-4-3-9(7-14)6-11(10)18-2/h3-4,6,8H,5H2,1-2H3. The van der Waals surface area contributed by atoms with E-state index in [1.54, 1.807) is 19.1 Å². The molecule has 2 amide bonds. The minimum absolute atomic E-state index is 0.210. The number of hydrogen-bond acceptors (Lipinski definition) is 4. The summed E-state index contributed by atoms with van der Waals surface area (Å²) in [5.74, 6) is -0.429. The quantitative estimate of drug-likeness (QED) is 0.738. The van der Waals surface area contributed by atoms with Gasteiger partial charge >= 0.3 is 0 Å². The Bertz CT molecular complexity index is 560. The number of methoxy groups -OCH3 is 1. The van der Waals surface area contributed by atoms with Crippen molar-refractivity contribution < 1.29 is 14.3 Å².